The Labute approximate surface area is 149 Å². The molecule has 11 heteroatoms. The zero-order valence-electron chi connectivity index (χ0n) is 13.8. The van der Waals surface area contributed by atoms with E-state index in [2.05, 4.69) is 19.9 Å². The molecule has 0 unspecified atom stereocenters. The molecule has 2 aromatic heterocycles. The quantitative estimate of drug-likeness (QED) is 0.607. The highest BCUT2D eigenvalue weighted by Gasteiger charge is 2.13. The van der Waals surface area contributed by atoms with Gasteiger partial charge >= 0.3 is 0 Å². The highest BCUT2D eigenvalue weighted by Crippen LogP contribution is 2.15. The molecule has 26 heavy (non-hydrogen) atoms. The molecule has 10 nitrogen and oxygen atoms in total. The first-order chi connectivity index (χ1) is 12.5. The molecule has 0 spiro atoms. The Morgan fingerprint density at radius 2 is 1.92 bits per heavy atom. The number of methoxy groups -OCH3 is 1. The standard InChI is InChI=1S/C15H16N6O4S/c1-25-12-2-4-13(5-3-12)26(23,24)18-8-9-20-15(22)7-6-14(19-20)21-11-16-10-17-21/h2-7,10-11,18H,8-9H2,1H3. The van der Waals surface area contributed by atoms with E-state index in [1.165, 1.54) is 48.7 Å². The van der Waals surface area contributed by atoms with E-state index in [9.17, 15) is 13.2 Å². The number of benzene rings is 1. The van der Waals surface area contributed by atoms with Crippen LogP contribution in [0, 0.1) is 0 Å². The van der Waals surface area contributed by atoms with E-state index in [-0.39, 0.29) is 23.5 Å². The van der Waals surface area contributed by atoms with E-state index in [4.69, 9.17) is 4.74 Å². The van der Waals surface area contributed by atoms with Crippen molar-refractivity contribution in [3.8, 4) is 11.6 Å². The van der Waals surface area contributed by atoms with Gasteiger partial charge in [0.1, 0.15) is 18.4 Å². The van der Waals surface area contributed by atoms with Gasteiger partial charge in [-0.3, -0.25) is 4.79 Å². The molecule has 3 aromatic rings. The Hall–Kier alpha value is -3.05. The molecule has 0 aliphatic rings. The van der Waals surface area contributed by atoms with Crippen LogP contribution in [-0.4, -0.2) is 46.6 Å². The topological polar surface area (TPSA) is 121 Å². The number of ether oxygens (including phenoxy) is 1. The summed E-state index contributed by atoms with van der Waals surface area (Å²) in [7, 11) is -2.20. The van der Waals surface area contributed by atoms with Gasteiger partial charge in [-0.25, -0.2) is 27.5 Å². The van der Waals surface area contributed by atoms with Crippen LogP contribution in [0.25, 0.3) is 5.82 Å². The zero-order chi connectivity index (χ0) is 18.6. The number of nitrogens with zero attached hydrogens (tertiary/aromatic N) is 5. The largest absolute Gasteiger partial charge is 0.497 e. The third-order valence-electron chi connectivity index (χ3n) is 3.49. The molecular formula is C15H16N6O4S. The van der Waals surface area contributed by atoms with E-state index in [0.29, 0.717) is 11.6 Å². The van der Waals surface area contributed by atoms with Crippen LogP contribution < -0.4 is 15.0 Å². The molecule has 0 bridgehead atoms. The summed E-state index contributed by atoms with van der Waals surface area (Å²) in [5.41, 5.74) is -0.350. The van der Waals surface area contributed by atoms with Crippen LogP contribution in [0.3, 0.4) is 0 Å². The van der Waals surface area contributed by atoms with E-state index >= 15 is 0 Å². The summed E-state index contributed by atoms with van der Waals surface area (Å²) >= 11 is 0. The second kappa shape index (κ2) is 7.45. The molecule has 0 fully saturated rings. The first kappa shape index (κ1) is 17.8. The number of hydrogen-bond donors (Lipinski definition) is 1. The molecule has 136 valence electrons. The lowest BCUT2D eigenvalue weighted by atomic mass is 10.3. The van der Waals surface area contributed by atoms with Crippen LogP contribution in [0.1, 0.15) is 0 Å². The minimum Gasteiger partial charge on any atom is -0.497 e. The van der Waals surface area contributed by atoms with Crippen molar-refractivity contribution in [3.63, 3.8) is 0 Å². The molecule has 0 saturated carbocycles. The van der Waals surface area contributed by atoms with E-state index < -0.39 is 10.0 Å². The summed E-state index contributed by atoms with van der Waals surface area (Å²) in [6.45, 7) is 0.0683. The normalized spacial score (nSPS) is 11.4. The Morgan fingerprint density at radius 3 is 2.58 bits per heavy atom. The highest BCUT2D eigenvalue weighted by atomic mass is 32.2. The number of nitrogens with one attached hydrogen (secondary N) is 1. The monoisotopic (exact) mass is 376 g/mol. The smallest absolute Gasteiger partial charge is 0.266 e. The fourth-order valence-electron chi connectivity index (χ4n) is 2.17. The summed E-state index contributed by atoms with van der Waals surface area (Å²) in [5, 5.41) is 8.08. The van der Waals surface area contributed by atoms with Crippen molar-refractivity contribution in [2.75, 3.05) is 13.7 Å². The summed E-state index contributed by atoms with van der Waals surface area (Å²) in [6.07, 6.45) is 2.80. The summed E-state index contributed by atoms with van der Waals surface area (Å²) in [4.78, 5) is 15.8. The van der Waals surface area contributed by atoms with Gasteiger partial charge in [-0.15, -0.1) is 5.10 Å². The molecule has 0 radical (unpaired) electrons. The molecule has 0 atom stereocenters. The van der Waals surface area contributed by atoms with Crippen molar-refractivity contribution < 1.29 is 13.2 Å². The maximum absolute atomic E-state index is 12.3. The molecule has 2 heterocycles. The third kappa shape index (κ3) is 3.95. The van der Waals surface area contributed by atoms with Crippen LogP contribution >= 0.6 is 0 Å². The molecule has 0 aliphatic heterocycles. The second-order valence-corrected chi connectivity index (χ2v) is 6.93. The fraction of sp³-hybridized carbons (Fsp3) is 0.200. The average molecular weight is 376 g/mol. The third-order valence-corrected chi connectivity index (χ3v) is 4.97. The van der Waals surface area contributed by atoms with Crippen molar-refractivity contribution in [2.45, 2.75) is 11.4 Å². The minimum atomic E-state index is -3.70. The van der Waals surface area contributed by atoms with Gasteiger partial charge in [0.05, 0.1) is 18.6 Å². The Bertz CT molecular complexity index is 1030. The SMILES string of the molecule is COc1ccc(S(=O)(=O)NCCn2nc(-n3cncn3)ccc2=O)cc1. The Morgan fingerprint density at radius 1 is 1.15 bits per heavy atom. The first-order valence-electron chi connectivity index (χ1n) is 7.56. The Balaban J connectivity index is 1.69. The molecular weight excluding hydrogens is 360 g/mol. The lowest BCUT2D eigenvalue weighted by molar-refractivity contribution is 0.414. The summed E-state index contributed by atoms with van der Waals surface area (Å²) in [6, 6.07) is 8.84. The zero-order valence-corrected chi connectivity index (χ0v) is 14.6. The van der Waals surface area contributed by atoms with E-state index in [0.717, 1.165) is 4.68 Å². The van der Waals surface area contributed by atoms with Crippen LogP contribution in [0.2, 0.25) is 0 Å². The number of hydrogen-bond acceptors (Lipinski definition) is 7. The number of sulfonamides is 1. The van der Waals surface area contributed by atoms with Gasteiger partial charge in [0.15, 0.2) is 5.82 Å². The van der Waals surface area contributed by atoms with E-state index in [1.807, 2.05) is 0 Å². The van der Waals surface area contributed by atoms with Gasteiger partial charge in [-0.2, -0.15) is 5.10 Å². The highest BCUT2D eigenvalue weighted by molar-refractivity contribution is 7.89. The van der Waals surface area contributed by atoms with Crippen LogP contribution in [0.4, 0.5) is 0 Å². The molecule has 0 amide bonds. The molecule has 0 saturated heterocycles. The van der Waals surface area contributed by atoms with Crippen molar-refractivity contribution in [3.05, 3.63) is 59.4 Å². The van der Waals surface area contributed by atoms with Crippen LogP contribution in [0.5, 0.6) is 5.75 Å². The average Bonchev–Trinajstić information content (AvgIpc) is 3.18. The second-order valence-electron chi connectivity index (χ2n) is 5.17. The van der Waals surface area contributed by atoms with Gasteiger partial charge in [-0.1, -0.05) is 0 Å². The maximum Gasteiger partial charge on any atom is 0.266 e. The van der Waals surface area contributed by atoms with Gasteiger partial charge in [0.2, 0.25) is 10.0 Å². The number of aromatic nitrogens is 5. The molecule has 1 N–H and O–H groups in total. The fourth-order valence-corrected chi connectivity index (χ4v) is 3.19. The van der Waals surface area contributed by atoms with Crippen molar-refractivity contribution in [1.82, 2.24) is 29.3 Å². The van der Waals surface area contributed by atoms with Crippen LogP contribution in [0.15, 0.2) is 58.7 Å². The number of rotatable bonds is 7. The first-order valence-corrected chi connectivity index (χ1v) is 9.05. The predicted octanol–water partition coefficient (Wildman–Crippen LogP) is -0.189. The van der Waals surface area contributed by atoms with Gasteiger partial charge in [0.25, 0.3) is 5.56 Å². The van der Waals surface area contributed by atoms with Gasteiger partial charge < -0.3 is 4.74 Å². The summed E-state index contributed by atoms with van der Waals surface area (Å²) < 4.78 is 34.6. The molecule has 3 rings (SSSR count). The van der Waals surface area contributed by atoms with Crippen molar-refractivity contribution in [1.29, 1.82) is 0 Å². The lowest BCUT2D eigenvalue weighted by Crippen LogP contribution is -2.32. The van der Waals surface area contributed by atoms with Crippen molar-refractivity contribution >= 4 is 10.0 Å². The maximum atomic E-state index is 12.3. The predicted molar refractivity (Wildman–Crippen MR) is 91.6 cm³/mol. The van der Waals surface area contributed by atoms with Crippen LogP contribution in [-0.2, 0) is 16.6 Å². The van der Waals surface area contributed by atoms with Gasteiger partial charge in [0, 0.05) is 12.6 Å². The van der Waals surface area contributed by atoms with Gasteiger partial charge in [-0.05, 0) is 30.3 Å². The lowest BCUT2D eigenvalue weighted by Gasteiger charge is -2.09. The Kier molecular flexibility index (Phi) is 5.09. The van der Waals surface area contributed by atoms with E-state index in [1.54, 1.807) is 12.1 Å². The molecule has 1 aromatic carbocycles. The summed E-state index contributed by atoms with van der Waals surface area (Å²) in [5.74, 6) is 0.963. The molecule has 0 aliphatic carbocycles. The minimum absolute atomic E-state index is 0.00206. The van der Waals surface area contributed by atoms with Crippen molar-refractivity contribution in [2.24, 2.45) is 0 Å².